The molecule has 0 radical (unpaired) electrons. The van der Waals surface area contributed by atoms with Gasteiger partial charge in [0.05, 0.1) is 7.11 Å². The molecular weight excluding hydrogens is 190 g/mol. The fraction of sp³-hybridized carbons (Fsp3) is 0.417. The van der Waals surface area contributed by atoms with Gasteiger partial charge in [-0.1, -0.05) is 23.8 Å². The Morgan fingerprint density at radius 1 is 1.40 bits per heavy atom. The molecule has 0 spiro atoms. The van der Waals surface area contributed by atoms with Crippen molar-refractivity contribution in [1.29, 1.82) is 0 Å². The largest absolute Gasteiger partial charge is 0.467 e. The van der Waals surface area contributed by atoms with Crippen molar-refractivity contribution >= 4 is 5.97 Å². The molecule has 0 aliphatic heterocycles. The number of ether oxygens (including phenoxy) is 1. The van der Waals surface area contributed by atoms with E-state index in [1.54, 1.807) is 6.92 Å². The third-order valence-electron chi connectivity index (χ3n) is 2.56. The normalized spacial score (nSPS) is 14.5. The second-order valence-electron chi connectivity index (χ2n) is 4.01. The van der Waals surface area contributed by atoms with Crippen LogP contribution in [0.15, 0.2) is 18.2 Å². The molecule has 0 fully saturated rings. The Hall–Kier alpha value is -1.35. The quantitative estimate of drug-likeness (QED) is 0.750. The highest BCUT2D eigenvalue weighted by molar-refractivity contribution is 5.82. The molecule has 1 rings (SSSR count). The zero-order valence-corrected chi connectivity index (χ0v) is 9.63. The second-order valence-corrected chi connectivity index (χ2v) is 4.01. The first-order valence-electron chi connectivity index (χ1n) is 4.84. The molecule has 0 bridgehead atoms. The van der Waals surface area contributed by atoms with Crippen LogP contribution in [0.5, 0.6) is 0 Å². The van der Waals surface area contributed by atoms with Gasteiger partial charge in [0.15, 0.2) is 0 Å². The van der Waals surface area contributed by atoms with Crippen molar-refractivity contribution in [2.45, 2.75) is 26.3 Å². The zero-order chi connectivity index (χ0) is 11.6. The molecule has 3 nitrogen and oxygen atoms in total. The average Bonchev–Trinajstić information content (AvgIpc) is 2.20. The molecule has 0 saturated carbocycles. The molecule has 2 N–H and O–H groups in total. The van der Waals surface area contributed by atoms with Crippen LogP contribution in [0.3, 0.4) is 0 Å². The van der Waals surface area contributed by atoms with Crippen molar-refractivity contribution in [3.63, 3.8) is 0 Å². The number of rotatable bonds is 2. The molecule has 0 aliphatic rings. The lowest BCUT2D eigenvalue weighted by Gasteiger charge is -2.24. The smallest absolute Gasteiger partial charge is 0.330 e. The first-order chi connectivity index (χ1) is 6.89. The highest BCUT2D eigenvalue weighted by Crippen LogP contribution is 2.23. The third kappa shape index (κ3) is 2.18. The molecule has 1 unspecified atom stereocenters. The number of hydrogen-bond donors (Lipinski definition) is 1. The number of carbonyl (C=O) groups excluding carboxylic acids is 1. The van der Waals surface area contributed by atoms with Crippen LogP contribution in [0.25, 0.3) is 0 Å². The van der Waals surface area contributed by atoms with Crippen LogP contribution in [0.1, 0.15) is 23.6 Å². The molecule has 82 valence electrons. The van der Waals surface area contributed by atoms with E-state index in [1.807, 2.05) is 32.0 Å². The summed E-state index contributed by atoms with van der Waals surface area (Å²) in [5.74, 6) is -0.420. The third-order valence-corrected chi connectivity index (χ3v) is 2.56. The van der Waals surface area contributed by atoms with Gasteiger partial charge in [-0.25, -0.2) is 4.79 Å². The van der Waals surface area contributed by atoms with Crippen LogP contribution >= 0.6 is 0 Å². The van der Waals surface area contributed by atoms with E-state index in [0.717, 1.165) is 16.7 Å². The number of aryl methyl sites for hydroxylation is 2. The van der Waals surface area contributed by atoms with Crippen LogP contribution in [0, 0.1) is 13.8 Å². The van der Waals surface area contributed by atoms with E-state index in [1.165, 1.54) is 7.11 Å². The maximum atomic E-state index is 11.6. The maximum absolute atomic E-state index is 11.6. The van der Waals surface area contributed by atoms with E-state index in [-0.39, 0.29) is 0 Å². The van der Waals surface area contributed by atoms with Crippen LogP contribution in [-0.2, 0) is 15.1 Å². The molecule has 1 aromatic rings. The molecule has 15 heavy (non-hydrogen) atoms. The number of methoxy groups -OCH3 is 1. The predicted molar refractivity (Wildman–Crippen MR) is 59.5 cm³/mol. The van der Waals surface area contributed by atoms with E-state index >= 15 is 0 Å². The van der Waals surface area contributed by atoms with Crippen molar-refractivity contribution in [3.05, 3.63) is 34.9 Å². The molecular formula is C12H17NO2. The predicted octanol–water partition coefficient (Wildman–Crippen LogP) is 1.65. The molecule has 0 aliphatic carbocycles. The molecule has 0 aromatic heterocycles. The van der Waals surface area contributed by atoms with Gasteiger partial charge >= 0.3 is 5.97 Å². The molecule has 1 aromatic carbocycles. The van der Waals surface area contributed by atoms with Crippen molar-refractivity contribution < 1.29 is 9.53 Å². The Morgan fingerprint density at radius 3 is 2.53 bits per heavy atom. The summed E-state index contributed by atoms with van der Waals surface area (Å²) in [6, 6.07) is 5.87. The minimum atomic E-state index is -1.08. The van der Waals surface area contributed by atoms with Gasteiger partial charge in [-0.2, -0.15) is 0 Å². The number of nitrogens with two attached hydrogens (primary N) is 1. The highest BCUT2D eigenvalue weighted by Gasteiger charge is 2.32. The summed E-state index contributed by atoms with van der Waals surface area (Å²) in [6.45, 7) is 5.57. The summed E-state index contributed by atoms with van der Waals surface area (Å²) < 4.78 is 4.70. The second kappa shape index (κ2) is 4.03. The Kier molecular flexibility index (Phi) is 3.15. The lowest BCUT2D eigenvalue weighted by molar-refractivity contribution is -0.146. The maximum Gasteiger partial charge on any atom is 0.330 e. The van der Waals surface area contributed by atoms with Crippen molar-refractivity contribution in [2.75, 3.05) is 7.11 Å². The fourth-order valence-corrected chi connectivity index (χ4v) is 1.62. The summed E-state index contributed by atoms with van der Waals surface area (Å²) >= 11 is 0. The van der Waals surface area contributed by atoms with Crippen LogP contribution < -0.4 is 5.73 Å². The standard InChI is InChI=1S/C12H17NO2/c1-8-5-6-9(2)10(7-8)12(3,13)11(14)15-4/h5-7H,13H2,1-4H3. The van der Waals surface area contributed by atoms with Gasteiger partial charge in [0.25, 0.3) is 0 Å². The lowest BCUT2D eigenvalue weighted by Crippen LogP contribution is -2.43. The molecule has 0 amide bonds. The minimum Gasteiger partial charge on any atom is -0.467 e. The van der Waals surface area contributed by atoms with Gasteiger partial charge in [0.1, 0.15) is 5.54 Å². The van der Waals surface area contributed by atoms with Gasteiger partial charge in [0.2, 0.25) is 0 Å². The Morgan fingerprint density at radius 2 is 2.00 bits per heavy atom. The Labute approximate surface area is 90.2 Å². The molecule has 3 heteroatoms. The minimum absolute atomic E-state index is 0.420. The number of benzene rings is 1. The van der Waals surface area contributed by atoms with E-state index in [4.69, 9.17) is 10.5 Å². The summed E-state index contributed by atoms with van der Waals surface area (Å²) in [7, 11) is 1.35. The Bertz CT molecular complexity index is 383. The number of esters is 1. The van der Waals surface area contributed by atoms with Crippen LogP contribution in [0.2, 0.25) is 0 Å². The number of hydrogen-bond acceptors (Lipinski definition) is 3. The van der Waals surface area contributed by atoms with Gasteiger partial charge in [-0.05, 0) is 31.9 Å². The Balaban J connectivity index is 3.25. The van der Waals surface area contributed by atoms with E-state index in [2.05, 4.69) is 0 Å². The van der Waals surface area contributed by atoms with Crippen molar-refractivity contribution in [1.82, 2.24) is 0 Å². The highest BCUT2D eigenvalue weighted by atomic mass is 16.5. The molecule has 0 heterocycles. The summed E-state index contributed by atoms with van der Waals surface area (Å²) in [5, 5.41) is 0. The van der Waals surface area contributed by atoms with Gasteiger partial charge in [-0.3, -0.25) is 0 Å². The summed E-state index contributed by atoms with van der Waals surface area (Å²) in [6.07, 6.45) is 0. The van der Waals surface area contributed by atoms with Gasteiger partial charge < -0.3 is 10.5 Å². The first-order valence-corrected chi connectivity index (χ1v) is 4.84. The van der Waals surface area contributed by atoms with E-state index < -0.39 is 11.5 Å². The fourth-order valence-electron chi connectivity index (χ4n) is 1.62. The average molecular weight is 207 g/mol. The topological polar surface area (TPSA) is 52.3 Å². The van der Waals surface area contributed by atoms with Crippen LogP contribution in [-0.4, -0.2) is 13.1 Å². The van der Waals surface area contributed by atoms with E-state index in [0.29, 0.717) is 0 Å². The summed E-state index contributed by atoms with van der Waals surface area (Å²) in [4.78, 5) is 11.6. The first kappa shape index (κ1) is 11.7. The van der Waals surface area contributed by atoms with Crippen LogP contribution in [0.4, 0.5) is 0 Å². The molecule has 1 atom stereocenters. The van der Waals surface area contributed by atoms with Crippen molar-refractivity contribution in [2.24, 2.45) is 5.73 Å². The summed E-state index contributed by atoms with van der Waals surface area (Å²) in [5.41, 5.74) is 7.80. The van der Waals surface area contributed by atoms with E-state index in [9.17, 15) is 4.79 Å². The number of carbonyl (C=O) groups is 1. The molecule has 0 saturated heterocycles. The van der Waals surface area contributed by atoms with Gasteiger partial charge in [-0.15, -0.1) is 0 Å². The zero-order valence-electron chi connectivity index (χ0n) is 9.63. The van der Waals surface area contributed by atoms with Gasteiger partial charge in [0, 0.05) is 0 Å². The monoisotopic (exact) mass is 207 g/mol. The lowest BCUT2D eigenvalue weighted by atomic mass is 9.88. The SMILES string of the molecule is COC(=O)C(C)(N)c1cc(C)ccc1C. The van der Waals surface area contributed by atoms with Crippen molar-refractivity contribution in [3.8, 4) is 0 Å².